The molecule has 84 valence electrons. The first-order valence-corrected chi connectivity index (χ1v) is 5.93. The minimum Gasteiger partial charge on any atom is -0.381 e. The highest BCUT2D eigenvalue weighted by atomic mass is 35.5. The number of aromatic nitrogens is 2. The quantitative estimate of drug-likeness (QED) is 0.712. The lowest BCUT2D eigenvalue weighted by Gasteiger charge is -2.19. The normalized spacial score (nSPS) is 18.1. The summed E-state index contributed by atoms with van der Waals surface area (Å²) in [4.78, 5) is 4.62. The third-order valence-electron chi connectivity index (χ3n) is 3.10. The molecule has 2 aromatic rings. The average Bonchev–Trinajstić information content (AvgIpc) is 2.76. The molecule has 3 heterocycles. The third kappa shape index (κ3) is 1.70. The number of pyridine rings is 1. The van der Waals surface area contributed by atoms with Crippen molar-refractivity contribution in [3.63, 3.8) is 0 Å². The number of fused-ring (bicyclic) bond motifs is 1. The standard InChI is InChI=1S/C12H13ClN2O/c13-11-2-1-3-12-14-10(8-15(11)12)9-4-6-16-7-5-9/h1-3,8-9H,4-7H2. The molecule has 0 atom stereocenters. The lowest BCUT2D eigenvalue weighted by molar-refractivity contribution is 0.0846. The van der Waals surface area contributed by atoms with Crippen LogP contribution in [0, 0.1) is 0 Å². The van der Waals surface area contributed by atoms with Gasteiger partial charge in [0.25, 0.3) is 0 Å². The van der Waals surface area contributed by atoms with Crippen molar-refractivity contribution in [3.8, 4) is 0 Å². The highest BCUT2D eigenvalue weighted by Crippen LogP contribution is 2.27. The molecule has 0 radical (unpaired) electrons. The molecule has 3 rings (SSSR count). The second kappa shape index (κ2) is 4.07. The minimum atomic E-state index is 0.518. The van der Waals surface area contributed by atoms with Crippen LogP contribution in [0.3, 0.4) is 0 Å². The van der Waals surface area contributed by atoms with Gasteiger partial charge in [0.2, 0.25) is 0 Å². The first kappa shape index (κ1) is 10.1. The Hall–Kier alpha value is -1.06. The van der Waals surface area contributed by atoms with Crippen molar-refractivity contribution in [1.29, 1.82) is 0 Å². The van der Waals surface area contributed by atoms with Crippen molar-refractivity contribution in [3.05, 3.63) is 35.2 Å². The van der Waals surface area contributed by atoms with Gasteiger partial charge in [0.15, 0.2) is 0 Å². The third-order valence-corrected chi connectivity index (χ3v) is 3.41. The monoisotopic (exact) mass is 236 g/mol. The highest BCUT2D eigenvalue weighted by molar-refractivity contribution is 6.29. The zero-order valence-corrected chi connectivity index (χ0v) is 9.65. The lowest BCUT2D eigenvalue weighted by Crippen LogP contribution is -2.14. The maximum atomic E-state index is 6.11. The molecule has 1 fully saturated rings. The fourth-order valence-corrected chi connectivity index (χ4v) is 2.39. The smallest absolute Gasteiger partial charge is 0.138 e. The van der Waals surface area contributed by atoms with Gasteiger partial charge in [0.05, 0.1) is 5.69 Å². The van der Waals surface area contributed by atoms with Gasteiger partial charge in [-0.2, -0.15) is 0 Å². The summed E-state index contributed by atoms with van der Waals surface area (Å²) in [5.41, 5.74) is 2.06. The number of hydrogen-bond acceptors (Lipinski definition) is 2. The van der Waals surface area contributed by atoms with Gasteiger partial charge in [0.1, 0.15) is 10.8 Å². The van der Waals surface area contributed by atoms with E-state index in [2.05, 4.69) is 4.98 Å². The Morgan fingerprint density at radius 3 is 2.88 bits per heavy atom. The molecule has 0 aliphatic carbocycles. The minimum absolute atomic E-state index is 0.518. The van der Waals surface area contributed by atoms with Crippen molar-refractivity contribution in [2.24, 2.45) is 0 Å². The number of rotatable bonds is 1. The zero-order valence-electron chi connectivity index (χ0n) is 8.90. The molecular weight excluding hydrogens is 224 g/mol. The SMILES string of the molecule is Clc1cccc2nc(C3CCOCC3)cn12. The van der Waals surface area contributed by atoms with Gasteiger partial charge < -0.3 is 4.74 Å². The Labute approximate surface area is 99.0 Å². The van der Waals surface area contributed by atoms with Gasteiger partial charge in [-0.15, -0.1) is 0 Å². The van der Waals surface area contributed by atoms with Crippen LogP contribution in [0.4, 0.5) is 0 Å². The Morgan fingerprint density at radius 2 is 2.12 bits per heavy atom. The van der Waals surface area contributed by atoms with Crippen molar-refractivity contribution in [1.82, 2.24) is 9.38 Å². The van der Waals surface area contributed by atoms with E-state index in [1.165, 1.54) is 0 Å². The predicted octanol–water partition coefficient (Wildman–Crippen LogP) is 2.88. The molecule has 1 aliphatic heterocycles. The van der Waals surface area contributed by atoms with E-state index in [0.29, 0.717) is 11.1 Å². The molecule has 0 saturated carbocycles. The molecule has 0 aromatic carbocycles. The summed E-state index contributed by atoms with van der Waals surface area (Å²) in [7, 11) is 0. The number of hydrogen-bond donors (Lipinski definition) is 0. The first-order chi connectivity index (χ1) is 7.84. The maximum absolute atomic E-state index is 6.11. The van der Waals surface area contributed by atoms with Crippen LogP contribution < -0.4 is 0 Å². The molecule has 0 bridgehead atoms. The fourth-order valence-electron chi connectivity index (χ4n) is 2.19. The summed E-state index contributed by atoms with van der Waals surface area (Å²) in [6, 6.07) is 5.79. The highest BCUT2D eigenvalue weighted by Gasteiger charge is 2.18. The Morgan fingerprint density at radius 1 is 1.31 bits per heavy atom. The summed E-state index contributed by atoms with van der Waals surface area (Å²) < 4.78 is 7.30. The predicted molar refractivity (Wildman–Crippen MR) is 63.0 cm³/mol. The van der Waals surface area contributed by atoms with E-state index in [4.69, 9.17) is 16.3 Å². The molecular formula is C12H13ClN2O. The molecule has 0 unspecified atom stereocenters. The topological polar surface area (TPSA) is 26.5 Å². The van der Waals surface area contributed by atoms with Gasteiger partial charge >= 0.3 is 0 Å². The van der Waals surface area contributed by atoms with E-state index in [1.54, 1.807) is 0 Å². The number of ether oxygens (including phenoxy) is 1. The Bertz CT molecular complexity index is 503. The van der Waals surface area contributed by atoms with Crippen LogP contribution in [-0.4, -0.2) is 22.6 Å². The molecule has 0 amide bonds. The number of halogens is 1. The van der Waals surface area contributed by atoms with E-state index in [9.17, 15) is 0 Å². The van der Waals surface area contributed by atoms with Crippen molar-refractivity contribution >= 4 is 17.2 Å². The van der Waals surface area contributed by atoms with Crippen molar-refractivity contribution < 1.29 is 4.74 Å². The molecule has 0 spiro atoms. The molecule has 16 heavy (non-hydrogen) atoms. The number of imidazole rings is 1. The molecule has 2 aromatic heterocycles. The molecule has 3 nitrogen and oxygen atoms in total. The van der Waals surface area contributed by atoms with Crippen molar-refractivity contribution in [2.45, 2.75) is 18.8 Å². The summed E-state index contributed by atoms with van der Waals surface area (Å²) in [5, 5.41) is 0.711. The lowest BCUT2D eigenvalue weighted by atomic mass is 9.97. The first-order valence-electron chi connectivity index (χ1n) is 5.56. The number of nitrogens with zero attached hydrogens (tertiary/aromatic N) is 2. The molecule has 0 N–H and O–H groups in total. The summed E-state index contributed by atoms with van der Waals surface area (Å²) in [6.07, 6.45) is 4.16. The zero-order chi connectivity index (χ0) is 11.0. The largest absolute Gasteiger partial charge is 0.381 e. The van der Waals surface area contributed by atoms with Gasteiger partial charge in [-0.1, -0.05) is 17.7 Å². The van der Waals surface area contributed by atoms with Gasteiger partial charge in [-0.25, -0.2) is 4.98 Å². The van der Waals surface area contributed by atoms with Crippen LogP contribution in [-0.2, 0) is 4.74 Å². The Balaban J connectivity index is 2.01. The van der Waals surface area contributed by atoms with E-state index >= 15 is 0 Å². The average molecular weight is 237 g/mol. The molecule has 1 saturated heterocycles. The second-order valence-corrected chi connectivity index (χ2v) is 4.52. The second-order valence-electron chi connectivity index (χ2n) is 4.13. The van der Waals surface area contributed by atoms with Crippen LogP contribution in [0.5, 0.6) is 0 Å². The van der Waals surface area contributed by atoms with E-state index in [-0.39, 0.29) is 0 Å². The van der Waals surface area contributed by atoms with Gasteiger partial charge in [-0.05, 0) is 25.0 Å². The van der Waals surface area contributed by atoms with Crippen LogP contribution in [0.2, 0.25) is 5.15 Å². The van der Waals surface area contributed by atoms with Crippen LogP contribution >= 0.6 is 11.6 Å². The van der Waals surface area contributed by atoms with E-state index < -0.39 is 0 Å². The summed E-state index contributed by atoms with van der Waals surface area (Å²) in [6.45, 7) is 1.68. The Kier molecular flexibility index (Phi) is 2.58. The van der Waals surface area contributed by atoms with Crippen LogP contribution in [0.15, 0.2) is 24.4 Å². The van der Waals surface area contributed by atoms with E-state index in [1.807, 2.05) is 28.8 Å². The molecule has 1 aliphatic rings. The molecule has 4 heteroatoms. The van der Waals surface area contributed by atoms with Crippen LogP contribution in [0.25, 0.3) is 5.65 Å². The van der Waals surface area contributed by atoms with E-state index in [0.717, 1.165) is 37.4 Å². The van der Waals surface area contributed by atoms with Gasteiger partial charge in [-0.3, -0.25) is 4.40 Å². The fraction of sp³-hybridized carbons (Fsp3) is 0.417. The summed E-state index contributed by atoms with van der Waals surface area (Å²) >= 11 is 6.11. The van der Waals surface area contributed by atoms with Crippen LogP contribution in [0.1, 0.15) is 24.5 Å². The maximum Gasteiger partial charge on any atom is 0.138 e. The van der Waals surface area contributed by atoms with Gasteiger partial charge in [0, 0.05) is 25.3 Å². The summed E-state index contributed by atoms with van der Waals surface area (Å²) in [5.74, 6) is 0.518. The van der Waals surface area contributed by atoms with Crippen molar-refractivity contribution in [2.75, 3.05) is 13.2 Å².